The SMILES string of the molecule is C[C@]12CCC(=O)C=C1CC[C@@H]1[C@H]2C(=O)C[C@@]2(C)[C@H]1CC[C@]2(O)C(=O)CO. The van der Waals surface area contributed by atoms with Gasteiger partial charge in [-0.1, -0.05) is 19.4 Å². The smallest absolute Gasteiger partial charge is 0.190 e. The first-order valence-electron chi connectivity index (χ1n) is 9.80. The van der Waals surface area contributed by atoms with Gasteiger partial charge in [-0.05, 0) is 55.4 Å². The first-order chi connectivity index (χ1) is 12.2. The van der Waals surface area contributed by atoms with Gasteiger partial charge in [0.2, 0.25) is 0 Å². The molecule has 0 aliphatic heterocycles. The van der Waals surface area contributed by atoms with E-state index in [-0.39, 0.29) is 41.2 Å². The van der Waals surface area contributed by atoms with Crippen LogP contribution in [0.4, 0.5) is 0 Å². The molecule has 2 N–H and O–H groups in total. The van der Waals surface area contributed by atoms with Crippen LogP contribution in [0.1, 0.15) is 58.8 Å². The number of allylic oxidation sites excluding steroid dienone is 1. The molecule has 0 unspecified atom stereocenters. The molecule has 4 aliphatic carbocycles. The number of carbonyl (C=O) groups is 3. The summed E-state index contributed by atoms with van der Waals surface area (Å²) in [7, 11) is 0. The van der Waals surface area contributed by atoms with Crippen LogP contribution in [0, 0.1) is 28.6 Å². The van der Waals surface area contributed by atoms with E-state index >= 15 is 0 Å². The fourth-order valence-electron chi connectivity index (χ4n) is 6.98. The molecule has 3 saturated carbocycles. The molecule has 0 bridgehead atoms. The second-order valence-electron chi connectivity index (χ2n) is 9.38. The van der Waals surface area contributed by atoms with Crippen molar-refractivity contribution < 1.29 is 24.6 Å². The van der Waals surface area contributed by atoms with Crippen molar-refractivity contribution in [1.29, 1.82) is 0 Å². The maximum Gasteiger partial charge on any atom is 0.190 e. The third-order valence-electron chi connectivity index (χ3n) is 8.41. The maximum atomic E-state index is 13.3. The Hall–Kier alpha value is -1.33. The number of rotatable bonds is 2. The van der Waals surface area contributed by atoms with Crippen molar-refractivity contribution in [3.8, 4) is 0 Å². The number of aliphatic hydroxyl groups excluding tert-OH is 1. The van der Waals surface area contributed by atoms with Crippen LogP contribution in [0.15, 0.2) is 11.6 Å². The highest BCUT2D eigenvalue weighted by molar-refractivity contribution is 5.94. The van der Waals surface area contributed by atoms with E-state index in [1.165, 1.54) is 0 Å². The van der Waals surface area contributed by atoms with Gasteiger partial charge < -0.3 is 10.2 Å². The summed E-state index contributed by atoms with van der Waals surface area (Å²) in [6.45, 7) is 3.31. The number of ketones is 3. The normalized spacial score (nSPS) is 47.7. The summed E-state index contributed by atoms with van der Waals surface area (Å²) in [4.78, 5) is 37.5. The third-order valence-corrected chi connectivity index (χ3v) is 8.41. The summed E-state index contributed by atoms with van der Waals surface area (Å²) in [5.41, 5.74) is -1.55. The molecule has 0 aromatic rings. The Kier molecular flexibility index (Phi) is 3.88. The Morgan fingerprint density at radius 3 is 2.62 bits per heavy atom. The summed E-state index contributed by atoms with van der Waals surface area (Å²) in [6, 6.07) is 0. The quantitative estimate of drug-likeness (QED) is 0.786. The van der Waals surface area contributed by atoms with Gasteiger partial charge >= 0.3 is 0 Å². The topological polar surface area (TPSA) is 91.7 Å². The summed E-state index contributed by atoms with van der Waals surface area (Å²) in [5, 5.41) is 20.5. The van der Waals surface area contributed by atoms with Crippen LogP contribution < -0.4 is 0 Å². The van der Waals surface area contributed by atoms with Gasteiger partial charge in [-0.25, -0.2) is 0 Å². The zero-order valence-corrected chi connectivity index (χ0v) is 15.6. The highest BCUT2D eigenvalue weighted by Gasteiger charge is 2.68. The highest BCUT2D eigenvalue weighted by Crippen LogP contribution is 2.66. The van der Waals surface area contributed by atoms with Gasteiger partial charge in [-0.15, -0.1) is 0 Å². The van der Waals surface area contributed by atoms with Crippen LogP contribution >= 0.6 is 0 Å². The number of fused-ring (bicyclic) bond motifs is 5. The minimum absolute atomic E-state index is 0.0988. The number of hydrogen-bond acceptors (Lipinski definition) is 5. The van der Waals surface area contributed by atoms with Crippen LogP contribution in [-0.4, -0.2) is 39.8 Å². The maximum absolute atomic E-state index is 13.3. The van der Waals surface area contributed by atoms with E-state index in [1.54, 1.807) is 6.08 Å². The van der Waals surface area contributed by atoms with E-state index in [9.17, 15) is 24.6 Å². The molecular weight excluding hydrogens is 332 g/mol. The lowest BCUT2D eigenvalue weighted by atomic mass is 9.46. The Bertz CT molecular complexity index is 724. The Morgan fingerprint density at radius 2 is 1.92 bits per heavy atom. The molecule has 6 atom stereocenters. The molecule has 0 aromatic carbocycles. The minimum atomic E-state index is -1.60. The van der Waals surface area contributed by atoms with Crippen molar-refractivity contribution in [1.82, 2.24) is 0 Å². The molecule has 142 valence electrons. The van der Waals surface area contributed by atoms with Gasteiger partial charge in [0.15, 0.2) is 11.6 Å². The molecular formula is C21H28O5. The average Bonchev–Trinajstić information content (AvgIpc) is 2.86. The van der Waals surface area contributed by atoms with Crippen LogP contribution in [0.2, 0.25) is 0 Å². The van der Waals surface area contributed by atoms with Gasteiger partial charge in [-0.3, -0.25) is 14.4 Å². The molecule has 3 fully saturated rings. The number of Topliss-reactive ketones (excluding diaryl/α,β-unsaturated/α-hetero) is 2. The molecule has 0 aromatic heterocycles. The van der Waals surface area contributed by atoms with Crippen LogP contribution in [0.3, 0.4) is 0 Å². The molecule has 4 aliphatic rings. The Balaban J connectivity index is 1.75. The zero-order chi connectivity index (χ0) is 18.9. The lowest BCUT2D eigenvalue weighted by Gasteiger charge is -2.57. The van der Waals surface area contributed by atoms with E-state index in [1.807, 2.05) is 6.92 Å². The standard InChI is InChI=1S/C21H28O5/c1-19-7-5-13(23)9-12(19)3-4-14-15-6-8-21(26,17(25)11-22)20(15,2)10-16(24)18(14)19/h9,14-15,18,22,26H,3-8,10-11H2,1-2H3/t14-,15-,18-,19-,20-,21-/m0/s1. The molecule has 5 heteroatoms. The molecule has 5 nitrogen and oxygen atoms in total. The van der Waals surface area contributed by atoms with Gasteiger partial charge in [0.05, 0.1) is 0 Å². The lowest BCUT2D eigenvalue weighted by Crippen LogP contribution is -2.60. The molecule has 0 radical (unpaired) electrons. The fourth-order valence-corrected chi connectivity index (χ4v) is 6.98. The average molecular weight is 360 g/mol. The van der Waals surface area contributed by atoms with Gasteiger partial charge in [0.25, 0.3) is 0 Å². The highest BCUT2D eigenvalue weighted by atomic mass is 16.3. The molecule has 0 spiro atoms. The molecule has 0 amide bonds. The largest absolute Gasteiger partial charge is 0.388 e. The zero-order valence-electron chi connectivity index (χ0n) is 15.6. The monoisotopic (exact) mass is 360 g/mol. The predicted octanol–water partition coefficient (Wildman–Crippen LogP) is 1.99. The Labute approximate surface area is 153 Å². The molecule has 4 rings (SSSR count). The molecule has 0 saturated heterocycles. The third kappa shape index (κ3) is 2.07. The summed E-state index contributed by atoms with van der Waals surface area (Å²) < 4.78 is 0. The van der Waals surface area contributed by atoms with Crippen LogP contribution in [0.5, 0.6) is 0 Å². The fraction of sp³-hybridized carbons (Fsp3) is 0.762. The van der Waals surface area contributed by atoms with E-state index in [0.717, 1.165) is 18.4 Å². The summed E-state index contributed by atoms with van der Waals surface area (Å²) in [6.07, 6.45) is 5.83. The lowest BCUT2D eigenvalue weighted by molar-refractivity contribution is -0.170. The first kappa shape index (κ1) is 18.1. The van der Waals surface area contributed by atoms with Crippen molar-refractivity contribution in [2.75, 3.05) is 6.61 Å². The summed E-state index contributed by atoms with van der Waals surface area (Å²) in [5.74, 6) is -0.172. The van der Waals surface area contributed by atoms with Crippen molar-refractivity contribution in [2.45, 2.75) is 64.4 Å². The first-order valence-corrected chi connectivity index (χ1v) is 9.80. The van der Waals surface area contributed by atoms with Gasteiger partial charge in [-0.2, -0.15) is 0 Å². The minimum Gasteiger partial charge on any atom is -0.388 e. The second kappa shape index (κ2) is 5.59. The van der Waals surface area contributed by atoms with E-state index < -0.39 is 23.4 Å². The Morgan fingerprint density at radius 1 is 1.19 bits per heavy atom. The number of carbonyl (C=O) groups excluding carboxylic acids is 3. The second-order valence-corrected chi connectivity index (χ2v) is 9.38. The summed E-state index contributed by atoms with van der Waals surface area (Å²) >= 11 is 0. The van der Waals surface area contributed by atoms with Crippen molar-refractivity contribution in [3.63, 3.8) is 0 Å². The van der Waals surface area contributed by atoms with Gasteiger partial charge in [0.1, 0.15) is 18.0 Å². The predicted molar refractivity (Wildman–Crippen MR) is 94.1 cm³/mol. The molecule has 26 heavy (non-hydrogen) atoms. The van der Waals surface area contributed by atoms with Crippen LogP contribution in [0.25, 0.3) is 0 Å². The van der Waals surface area contributed by atoms with Crippen molar-refractivity contribution in [3.05, 3.63) is 11.6 Å². The van der Waals surface area contributed by atoms with Crippen LogP contribution in [-0.2, 0) is 14.4 Å². The molecule has 0 heterocycles. The van der Waals surface area contributed by atoms with E-state index in [2.05, 4.69) is 6.92 Å². The van der Waals surface area contributed by atoms with E-state index in [4.69, 9.17) is 0 Å². The number of hydrogen-bond donors (Lipinski definition) is 2. The number of aliphatic hydroxyl groups is 2. The van der Waals surface area contributed by atoms with Gasteiger partial charge in [0, 0.05) is 24.2 Å². The van der Waals surface area contributed by atoms with Crippen molar-refractivity contribution in [2.24, 2.45) is 28.6 Å². The van der Waals surface area contributed by atoms with Crippen molar-refractivity contribution >= 4 is 17.3 Å². The van der Waals surface area contributed by atoms with E-state index in [0.29, 0.717) is 25.7 Å².